The van der Waals surface area contributed by atoms with Gasteiger partial charge in [-0.05, 0) is 21.7 Å². The van der Waals surface area contributed by atoms with Gasteiger partial charge in [-0.2, -0.15) is 4.98 Å². The van der Waals surface area contributed by atoms with E-state index in [2.05, 4.69) is 18.1 Å². The SMILES string of the molecule is Nc1nc(=O)n([C@H]2CC[C@@H](CO[P+](=O)OP(=O)(O)O[P+](=O)[O-])O2)cc1F. The van der Waals surface area contributed by atoms with Crippen LogP contribution >= 0.6 is 24.3 Å². The van der Waals surface area contributed by atoms with Crippen molar-refractivity contribution in [1.82, 2.24) is 9.55 Å². The minimum Gasteiger partial charge on any atom is -0.566 e. The summed E-state index contributed by atoms with van der Waals surface area (Å²) in [4.78, 5) is 34.1. The van der Waals surface area contributed by atoms with Gasteiger partial charge >= 0.3 is 30.0 Å². The first-order valence-corrected chi connectivity index (χ1v) is 10.4. The molecule has 0 spiro atoms. The van der Waals surface area contributed by atoms with Crippen LogP contribution in [0.5, 0.6) is 0 Å². The van der Waals surface area contributed by atoms with E-state index in [0.717, 1.165) is 10.8 Å². The highest BCUT2D eigenvalue weighted by molar-refractivity contribution is 7.60. The number of aromatic nitrogens is 2. The summed E-state index contributed by atoms with van der Waals surface area (Å²) in [5.41, 5.74) is 4.35. The maximum absolute atomic E-state index is 13.4. The van der Waals surface area contributed by atoms with Gasteiger partial charge in [0, 0.05) is 8.88 Å². The van der Waals surface area contributed by atoms with Crippen LogP contribution in [0, 0.1) is 5.82 Å². The van der Waals surface area contributed by atoms with Crippen molar-refractivity contribution in [2.75, 3.05) is 12.3 Å². The molecule has 2 heterocycles. The normalized spacial score (nSPS) is 23.5. The van der Waals surface area contributed by atoms with E-state index in [-0.39, 0.29) is 13.0 Å². The summed E-state index contributed by atoms with van der Waals surface area (Å²) in [6.45, 7) is -0.380. The topological polar surface area (TPSA) is 192 Å². The van der Waals surface area contributed by atoms with E-state index >= 15 is 0 Å². The Hall–Kier alpha value is -1.20. The predicted octanol–water partition coefficient (Wildman–Crippen LogP) is 0.467. The van der Waals surface area contributed by atoms with Crippen molar-refractivity contribution >= 4 is 30.2 Å². The van der Waals surface area contributed by atoms with Crippen LogP contribution < -0.4 is 16.3 Å². The van der Waals surface area contributed by atoms with Gasteiger partial charge in [0.05, 0.1) is 12.3 Å². The zero-order valence-corrected chi connectivity index (χ0v) is 15.3. The number of nitrogen functional groups attached to an aromatic ring is 1. The van der Waals surface area contributed by atoms with Gasteiger partial charge in [-0.25, -0.2) is 13.8 Å². The molecule has 144 valence electrons. The van der Waals surface area contributed by atoms with Gasteiger partial charge in [0.1, 0.15) is 12.8 Å². The lowest BCUT2D eigenvalue weighted by molar-refractivity contribution is -0.179. The summed E-state index contributed by atoms with van der Waals surface area (Å²) in [5, 5.41) is 0. The molecule has 0 aromatic carbocycles. The molecule has 2 rings (SSSR count). The van der Waals surface area contributed by atoms with Crippen LogP contribution in [0.3, 0.4) is 0 Å². The smallest absolute Gasteiger partial charge is 0.566 e. The number of ether oxygens (including phenoxy) is 1. The van der Waals surface area contributed by atoms with Gasteiger partial charge in [0.15, 0.2) is 11.6 Å². The number of nitrogens with two attached hydrogens (primary N) is 1. The first-order chi connectivity index (χ1) is 12.1. The second-order valence-corrected chi connectivity index (χ2v) is 8.22. The lowest BCUT2D eigenvalue weighted by Crippen LogP contribution is -2.29. The van der Waals surface area contributed by atoms with Gasteiger partial charge in [-0.15, -0.1) is 4.52 Å². The van der Waals surface area contributed by atoms with Gasteiger partial charge in [0.2, 0.25) is 0 Å². The third kappa shape index (κ3) is 5.92. The maximum Gasteiger partial charge on any atom is 0.708 e. The van der Waals surface area contributed by atoms with E-state index in [1.54, 1.807) is 0 Å². The van der Waals surface area contributed by atoms with Crippen LogP contribution in [-0.2, 0) is 31.6 Å². The summed E-state index contributed by atoms with van der Waals surface area (Å²) in [6, 6.07) is 0. The van der Waals surface area contributed by atoms with E-state index in [1.807, 2.05) is 0 Å². The number of hydrogen-bond acceptors (Lipinski definition) is 11. The average Bonchev–Trinajstić information content (AvgIpc) is 2.95. The predicted molar refractivity (Wildman–Crippen MR) is 79.2 cm³/mol. The van der Waals surface area contributed by atoms with Crippen molar-refractivity contribution in [1.29, 1.82) is 0 Å². The van der Waals surface area contributed by atoms with Crippen LogP contribution in [0.25, 0.3) is 0 Å². The molecule has 1 aliphatic rings. The third-order valence-corrected chi connectivity index (χ3v) is 6.11. The fourth-order valence-corrected chi connectivity index (χ4v) is 4.24. The van der Waals surface area contributed by atoms with Gasteiger partial charge in [-0.3, -0.25) is 9.46 Å². The Bertz CT molecular complexity index is 819. The van der Waals surface area contributed by atoms with Gasteiger partial charge in [-0.1, -0.05) is 0 Å². The molecule has 0 aliphatic carbocycles. The molecule has 0 bridgehead atoms. The van der Waals surface area contributed by atoms with E-state index in [4.69, 9.17) is 15.4 Å². The Morgan fingerprint density at radius 3 is 2.85 bits per heavy atom. The van der Waals surface area contributed by atoms with Crippen LogP contribution in [-0.4, -0.2) is 27.2 Å². The standard InChI is InChI=1S/C9H11FN3O10P3/c10-6-3-13(9(14)12-8(6)11)7-2-1-5(21-7)4-20-25(17)23-26(18,19)22-24(15)16/h3,5,7H,1-2,4H2,(H2-,11,12,14,18,19)/p+1/t5-,7+/m0/s1. The highest BCUT2D eigenvalue weighted by atomic mass is 31.3. The molecule has 3 N–H and O–H groups in total. The van der Waals surface area contributed by atoms with Crippen molar-refractivity contribution in [2.24, 2.45) is 0 Å². The number of rotatable bonds is 8. The zero-order valence-electron chi connectivity index (χ0n) is 12.7. The monoisotopic (exact) mass is 434 g/mol. The van der Waals surface area contributed by atoms with Crippen molar-refractivity contribution in [3.63, 3.8) is 0 Å². The molecule has 1 saturated heterocycles. The first-order valence-electron chi connectivity index (χ1n) is 6.74. The fourth-order valence-electron chi connectivity index (χ4n) is 2.03. The van der Waals surface area contributed by atoms with Crippen molar-refractivity contribution < 1.29 is 45.8 Å². The molecular weight excluding hydrogens is 422 g/mol. The van der Waals surface area contributed by atoms with E-state index in [0.29, 0.717) is 6.42 Å². The molecule has 1 aromatic rings. The molecule has 0 saturated carbocycles. The van der Waals surface area contributed by atoms with Crippen LogP contribution in [0.1, 0.15) is 19.1 Å². The number of nitrogens with zero attached hydrogens (tertiary/aromatic N) is 2. The Balaban J connectivity index is 1.87. The van der Waals surface area contributed by atoms with Gasteiger partial charge in [0.25, 0.3) is 0 Å². The molecule has 17 heteroatoms. The number of phosphoric acid groups is 1. The number of anilines is 1. The molecule has 5 atom stereocenters. The van der Waals surface area contributed by atoms with Gasteiger partial charge < -0.3 is 15.4 Å². The largest absolute Gasteiger partial charge is 0.708 e. The lowest BCUT2D eigenvalue weighted by Gasteiger charge is -2.14. The summed E-state index contributed by atoms with van der Waals surface area (Å²) in [7, 11) is -12.0. The summed E-state index contributed by atoms with van der Waals surface area (Å²) < 4.78 is 64.6. The molecule has 1 fully saturated rings. The zero-order chi connectivity index (χ0) is 19.5. The first kappa shape index (κ1) is 21.1. The molecule has 0 amide bonds. The van der Waals surface area contributed by atoms with Crippen molar-refractivity contribution in [3.05, 3.63) is 22.5 Å². The number of halogens is 1. The fraction of sp³-hybridized carbons (Fsp3) is 0.556. The molecule has 3 unspecified atom stereocenters. The quantitative estimate of drug-likeness (QED) is 0.538. The minimum atomic E-state index is -5.10. The molecule has 0 radical (unpaired) electrons. The van der Waals surface area contributed by atoms with Crippen molar-refractivity contribution in [2.45, 2.75) is 25.2 Å². The lowest BCUT2D eigenvalue weighted by atomic mass is 10.2. The average molecular weight is 434 g/mol. The minimum absolute atomic E-state index is 0.273. The van der Waals surface area contributed by atoms with Crippen LogP contribution in [0.4, 0.5) is 10.2 Å². The van der Waals surface area contributed by atoms with Crippen LogP contribution in [0.2, 0.25) is 0 Å². The van der Waals surface area contributed by atoms with Crippen LogP contribution in [0.15, 0.2) is 11.0 Å². The number of hydrogen-bond donors (Lipinski definition) is 2. The highest BCUT2D eigenvalue weighted by Gasteiger charge is 2.43. The Kier molecular flexibility index (Phi) is 7.03. The summed E-state index contributed by atoms with van der Waals surface area (Å²) >= 11 is 0. The third-order valence-electron chi connectivity index (χ3n) is 3.04. The maximum atomic E-state index is 13.4. The Labute approximate surface area is 146 Å². The highest BCUT2D eigenvalue weighted by Crippen LogP contribution is 2.56. The molecule has 13 nitrogen and oxygen atoms in total. The molecule has 26 heavy (non-hydrogen) atoms. The second kappa shape index (κ2) is 8.66. The van der Waals surface area contributed by atoms with E-state index < -0.39 is 54.0 Å². The molecule has 1 aromatic heterocycles. The van der Waals surface area contributed by atoms with Crippen molar-refractivity contribution in [3.8, 4) is 0 Å². The Morgan fingerprint density at radius 1 is 1.50 bits per heavy atom. The second-order valence-electron chi connectivity index (χ2n) is 4.83. The van der Waals surface area contributed by atoms with E-state index in [9.17, 15) is 27.8 Å². The molecular formula is C9H12FN3O10P3+. The summed E-state index contributed by atoms with van der Waals surface area (Å²) in [5.74, 6) is -1.45. The van der Waals surface area contributed by atoms with E-state index in [1.165, 1.54) is 0 Å². The summed E-state index contributed by atoms with van der Waals surface area (Å²) in [6.07, 6.45) is -0.147. The Morgan fingerprint density at radius 2 is 2.19 bits per heavy atom. The molecule has 1 aliphatic heterocycles.